The number of benzene rings is 1. The number of ketones is 1. The lowest BCUT2D eigenvalue weighted by Gasteiger charge is -2.06. The lowest BCUT2D eigenvalue weighted by atomic mass is 9.99. The molecule has 0 saturated carbocycles. The van der Waals surface area contributed by atoms with Crippen molar-refractivity contribution in [3.8, 4) is 0 Å². The van der Waals surface area contributed by atoms with Gasteiger partial charge in [0.25, 0.3) is 0 Å². The van der Waals surface area contributed by atoms with Crippen molar-refractivity contribution >= 4 is 5.78 Å². The zero-order valence-corrected chi connectivity index (χ0v) is 10.6. The topological polar surface area (TPSA) is 17.1 Å². The Morgan fingerprint density at radius 1 is 1.19 bits per heavy atom. The third kappa shape index (κ3) is 4.18. The number of hydrogen-bond acceptors (Lipinski definition) is 1. The predicted molar refractivity (Wildman–Crippen MR) is 68.6 cm³/mol. The molecule has 0 amide bonds. The molecule has 0 N–H and O–H groups in total. The highest BCUT2D eigenvalue weighted by Crippen LogP contribution is 2.11. The van der Waals surface area contributed by atoms with Crippen molar-refractivity contribution in [1.29, 1.82) is 0 Å². The fraction of sp³-hybridized carbons (Fsp3) is 0.533. The van der Waals surface area contributed by atoms with Crippen molar-refractivity contribution in [2.75, 3.05) is 0 Å². The first-order chi connectivity index (χ1) is 7.63. The van der Waals surface area contributed by atoms with Crippen LogP contribution in [0.5, 0.6) is 0 Å². The average Bonchev–Trinajstić information content (AvgIpc) is 2.26. The number of carbonyl (C=O) groups is 1. The van der Waals surface area contributed by atoms with Crippen molar-refractivity contribution < 1.29 is 4.79 Å². The second-order valence-corrected chi connectivity index (χ2v) is 4.69. The monoisotopic (exact) mass is 218 g/mol. The number of Topliss-reactive ketones (excluding diaryl/α,β-unsaturated/α-hetero) is 1. The summed E-state index contributed by atoms with van der Waals surface area (Å²) in [6.45, 7) is 6.13. The van der Waals surface area contributed by atoms with Crippen LogP contribution in [0.3, 0.4) is 0 Å². The van der Waals surface area contributed by atoms with E-state index in [-0.39, 0.29) is 5.92 Å². The molecule has 0 aliphatic heterocycles. The standard InChI is InChI=1S/C15H22O/c1-4-6-13-7-5-8-14(11-13)9-10-15(16)12(2)3/h5,7-8,11-12H,4,6,9-10H2,1-3H3. The molecule has 0 aliphatic rings. The van der Waals surface area contributed by atoms with Gasteiger partial charge in [-0.25, -0.2) is 0 Å². The lowest BCUT2D eigenvalue weighted by Crippen LogP contribution is -2.07. The second-order valence-electron chi connectivity index (χ2n) is 4.69. The molecule has 1 heteroatoms. The Hall–Kier alpha value is -1.11. The summed E-state index contributed by atoms with van der Waals surface area (Å²) in [5.74, 6) is 0.528. The fourth-order valence-corrected chi connectivity index (χ4v) is 1.79. The third-order valence-corrected chi connectivity index (χ3v) is 2.83. The number of aryl methyl sites for hydroxylation is 2. The summed E-state index contributed by atoms with van der Waals surface area (Å²) in [6, 6.07) is 8.61. The maximum absolute atomic E-state index is 11.5. The molecule has 0 saturated heterocycles. The number of carbonyl (C=O) groups excluding carboxylic acids is 1. The summed E-state index contributed by atoms with van der Waals surface area (Å²) >= 11 is 0. The first-order valence-electron chi connectivity index (χ1n) is 6.24. The average molecular weight is 218 g/mol. The van der Waals surface area contributed by atoms with Crippen LogP contribution in [0.2, 0.25) is 0 Å². The van der Waals surface area contributed by atoms with Gasteiger partial charge in [-0.3, -0.25) is 4.79 Å². The van der Waals surface area contributed by atoms with E-state index in [9.17, 15) is 4.79 Å². The van der Waals surface area contributed by atoms with E-state index in [0.717, 1.165) is 12.8 Å². The summed E-state index contributed by atoms with van der Waals surface area (Å²) in [5.41, 5.74) is 2.68. The fourth-order valence-electron chi connectivity index (χ4n) is 1.79. The van der Waals surface area contributed by atoms with Crippen molar-refractivity contribution in [3.63, 3.8) is 0 Å². The summed E-state index contributed by atoms with van der Waals surface area (Å²) in [6.07, 6.45) is 3.86. The van der Waals surface area contributed by atoms with Crippen LogP contribution in [0, 0.1) is 5.92 Å². The number of hydrogen-bond donors (Lipinski definition) is 0. The molecule has 1 rings (SSSR count). The van der Waals surface area contributed by atoms with Crippen LogP contribution in [0.1, 0.15) is 44.7 Å². The van der Waals surface area contributed by atoms with Crippen molar-refractivity contribution in [3.05, 3.63) is 35.4 Å². The highest BCUT2D eigenvalue weighted by atomic mass is 16.1. The van der Waals surface area contributed by atoms with Gasteiger partial charge in [0, 0.05) is 12.3 Å². The molecule has 16 heavy (non-hydrogen) atoms. The van der Waals surface area contributed by atoms with Crippen LogP contribution in [0.15, 0.2) is 24.3 Å². The minimum absolute atomic E-state index is 0.166. The molecule has 0 atom stereocenters. The largest absolute Gasteiger partial charge is 0.299 e. The van der Waals surface area contributed by atoms with Crippen LogP contribution in [0.25, 0.3) is 0 Å². The molecule has 0 unspecified atom stereocenters. The zero-order valence-electron chi connectivity index (χ0n) is 10.6. The van der Waals surface area contributed by atoms with Crippen molar-refractivity contribution in [2.45, 2.75) is 46.5 Å². The Bertz CT molecular complexity index is 339. The molecule has 1 aromatic carbocycles. The van der Waals surface area contributed by atoms with E-state index < -0.39 is 0 Å². The van der Waals surface area contributed by atoms with E-state index in [1.54, 1.807) is 0 Å². The second kappa shape index (κ2) is 6.47. The van der Waals surface area contributed by atoms with Gasteiger partial charge in [-0.05, 0) is 24.0 Å². The van der Waals surface area contributed by atoms with Gasteiger partial charge >= 0.3 is 0 Å². The van der Waals surface area contributed by atoms with Gasteiger partial charge in [0.15, 0.2) is 0 Å². The molecular weight excluding hydrogens is 196 g/mol. The van der Waals surface area contributed by atoms with E-state index in [0.29, 0.717) is 12.2 Å². The molecule has 1 aromatic rings. The van der Waals surface area contributed by atoms with Crippen LogP contribution in [0.4, 0.5) is 0 Å². The molecule has 88 valence electrons. The SMILES string of the molecule is CCCc1cccc(CCC(=O)C(C)C)c1. The van der Waals surface area contributed by atoms with Crippen LogP contribution in [-0.4, -0.2) is 5.78 Å². The van der Waals surface area contributed by atoms with Crippen LogP contribution >= 0.6 is 0 Å². The highest BCUT2D eigenvalue weighted by Gasteiger charge is 2.07. The van der Waals surface area contributed by atoms with Gasteiger partial charge in [-0.2, -0.15) is 0 Å². The quantitative estimate of drug-likeness (QED) is 0.710. The molecular formula is C15H22O. The minimum Gasteiger partial charge on any atom is -0.299 e. The molecule has 1 nitrogen and oxygen atoms in total. The van der Waals surface area contributed by atoms with E-state index in [1.165, 1.54) is 17.5 Å². The summed E-state index contributed by atoms with van der Waals surface area (Å²) in [5, 5.41) is 0. The van der Waals surface area contributed by atoms with Gasteiger partial charge in [0.2, 0.25) is 0 Å². The Balaban J connectivity index is 2.53. The predicted octanol–water partition coefficient (Wildman–Crippen LogP) is 3.80. The van der Waals surface area contributed by atoms with Gasteiger partial charge in [0.05, 0.1) is 0 Å². The molecule has 0 radical (unpaired) electrons. The Morgan fingerprint density at radius 3 is 2.38 bits per heavy atom. The van der Waals surface area contributed by atoms with Crippen LogP contribution in [-0.2, 0) is 17.6 Å². The van der Waals surface area contributed by atoms with Crippen LogP contribution < -0.4 is 0 Å². The summed E-state index contributed by atoms with van der Waals surface area (Å²) in [4.78, 5) is 11.5. The molecule has 0 aromatic heterocycles. The Labute approximate surface area is 98.9 Å². The summed E-state index contributed by atoms with van der Waals surface area (Å²) in [7, 11) is 0. The van der Waals surface area contributed by atoms with Gasteiger partial charge in [0.1, 0.15) is 5.78 Å². The molecule has 0 bridgehead atoms. The maximum atomic E-state index is 11.5. The molecule has 0 heterocycles. The smallest absolute Gasteiger partial charge is 0.135 e. The van der Waals surface area contributed by atoms with E-state index in [1.807, 2.05) is 13.8 Å². The lowest BCUT2D eigenvalue weighted by molar-refractivity contribution is -0.121. The van der Waals surface area contributed by atoms with E-state index in [4.69, 9.17) is 0 Å². The Morgan fingerprint density at radius 2 is 1.81 bits per heavy atom. The molecule has 0 aliphatic carbocycles. The minimum atomic E-state index is 0.166. The van der Waals surface area contributed by atoms with E-state index in [2.05, 4.69) is 31.2 Å². The summed E-state index contributed by atoms with van der Waals surface area (Å²) < 4.78 is 0. The maximum Gasteiger partial charge on any atom is 0.135 e. The van der Waals surface area contributed by atoms with Crippen molar-refractivity contribution in [2.24, 2.45) is 5.92 Å². The van der Waals surface area contributed by atoms with E-state index >= 15 is 0 Å². The third-order valence-electron chi connectivity index (χ3n) is 2.83. The molecule has 0 spiro atoms. The number of rotatable bonds is 6. The highest BCUT2D eigenvalue weighted by molar-refractivity contribution is 5.80. The normalized spacial score (nSPS) is 10.8. The van der Waals surface area contributed by atoms with Crippen molar-refractivity contribution in [1.82, 2.24) is 0 Å². The zero-order chi connectivity index (χ0) is 12.0. The Kier molecular flexibility index (Phi) is 5.24. The van der Waals surface area contributed by atoms with Gasteiger partial charge in [-0.15, -0.1) is 0 Å². The van der Waals surface area contributed by atoms with Gasteiger partial charge < -0.3 is 0 Å². The first-order valence-corrected chi connectivity index (χ1v) is 6.24. The first kappa shape index (κ1) is 13.0. The molecule has 0 fully saturated rings. The van der Waals surface area contributed by atoms with Gasteiger partial charge in [-0.1, -0.05) is 51.5 Å².